The van der Waals surface area contributed by atoms with Crippen LogP contribution in [0.2, 0.25) is 0 Å². The Morgan fingerprint density at radius 1 is 1.00 bits per heavy atom. The molecule has 2 rings (SSSR count). The lowest BCUT2D eigenvalue weighted by Gasteiger charge is -2.08. The summed E-state index contributed by atoms with van der Waals surface area (Å²) in [5, 5.41) is 2.70. The Bertz CT molecular complexity index is 558. The SMILES string of the molecule is CNc1nccnc1-c1ccc(F)c(F)c1F. The van der Waals surface area contributed by atoms with E-state index >= 15 is 0 Å². The zero-order chi connectivity index (χ0) is 12.4. The van der Waals surface area contributed by atoms with Gasteiger partial charge in [-0.3, -0.25) is 4.98 Å². The van der Waals surface area contributed by atoms with Crippen molar-refractivity contribution in [3.63, 3.8) is 0 Å². The molecule has 1 aromatic carbocycles. The van der Waals surface area contributed by atoms with E-state index in [4.69, 9.17) is 0 Å². The Hall–Kier alpha value is -2.11. The van der Waals surface area contributed by atoms with Crippen LogP contribution in [0.1, 0.15) is 0 Å². The summed E-state index contributed by atoms with van der Waals surface area (Å²) < 4.78 is 39.4. The van der Waals surface area contributed by atoms with E-state index in [0.717, 1.165) is 12.1 Å². The molecule has 0 fully saturated rings. The Balaban J connectivity index is 2.65. The fourth-order valence-corrected chi connectivity index (χ4v) is 1.43. The zero-order valence-electron chi connectivity index (χ0n) is 8.84. The molecule has 0 aliphatic heterocycles. The molecule has 0 saturated heterocycles. The highest BCUT2D eigenvalue weighted by Gasteiger charge is 2.17. The van der Waals surface area contributed by atoms with E-state index in [1.165, 1.54) is 12.4 Å². The minimum atomic E-state index is -1.52. The van der Waals surface area contributed by atoms with Gasteiger partial charge in [0.25, 0.3) is 0 Å². The van der Waals surface area contributed by atoms with Gasteiger partial charge >= 0.3 is 0 Å². The first-order valence-electron chi connectivity index (χ1n) is 4.77. The van der Waals surface area contributed by atoms with Gasteiger partial charge in [0.1, 0.15) is 5.69 Å². The number of rotatable bonds is 2. The number of nitrogens with one attached hydrogen (secondary N) is 1. The van der Waals surface area contributed by atoms with Crippen LogP contribution in [0, 0.1) is 17.5 Å². The Labute approximate surface area is 95.3 Å². The first-order valence-corrected chi connectivity index (χ1v) is 4.77. The average Bonchev–Trinajstić information content (AvgIpc) is 2.36. The maximum atomic E-state index is 13.6. The van der Waals surface area contributed by atoms with Crippen LogP contribution in [0.15, 0.2) is 24.5 Å². The molecule has 88 valence electrons. The fraction of sp³-hybridized carbons (Fsp3) is 0.0909. The third kappa shape index (κ3) is 1.93. The summed E-state index contributed by atoms with van der Waals surface area (Å²) in [4.78, 5) is 7.81. The molecule has 0 unspecified atom stereocenters. The summed E-state index contributed by atoms with van der Waals surface area (Å²) in [5.74, 6) is -3.74. The van der Waals surface area contributed by atoms with Crippen molar-refractivity contribution in [3.05, 3.63) is 42.0 Å². The summed E-state index contributed by atoms with van der Waals surface area (Å²) in [6.45, 7) is 0. The third-order valence-corrected chi connectivity index (χ3v) is 2.23. The van der Waals surface area contributed by atoms with Crippen molar-refractivity contribution >= 4 is 5.82 Å². The molecule has 0 radical (unpaired) electrons. The van der Waals surface area contributed by atoms with Crippen molar-refractivity contribution in [2.24, 2.45) is 0 Å². The van der Waals surface area contributed by atoms with Gasteiger partial charge in [-0.15, -0.1) is 0 Å². The van der Waals surface area contributed by atoms with Crippen LogP contribution in [-0.4, -0.2) is 17.0 Å². The molecule has 6 heteroatoms. The predicted molar refractivity (Wildman–Crippen MR) is 56.9 cm³/mol. The zero-order valence-corrected chi connectivity index (χ0v) is 8.84. The maximum Gasteiger partial charge on any atom is 0.195 e. The Kier molecular flexibility index (Phi) is 2.95. The van der Waals surface area contributed by atoms with Gasteiger partial charge in [-0.05, 0) is 12.1 Å². The molecular weight excluding hydrogens is 231 g/mol. The van der Waals surface area contributed by atoms with Gasteiger partial charge in [0, 0.05) is 25.0 Å². The lowest BCUT2D eigenvalue weighted by Crippen LogP contribution is -2.01. The molecule has 0 aliphatic carbocycles. The van der Waals surface area contributed by atoms with E-state index in [9.17, 15) is 13.2 Å². The first-order chi connectivity index (χ1) is 8.15. The smallest absolute Gasteiger partial charge is 0.195 e. The number of halogens is 3. The molecule has 0 bridgehead atoms. The number of benzene rings is 1. The molecule has 3 nitrogen and oxygen atoms in total. The third-order valence-electron chi connectivity index (χ3n) is 2.23. The molecule has 1 N–H and O–H groups in total. The quantitative estimate of drug-likeness (QED) is 0.818. The Morgan fingerprint density at radius 2 is 1.71 bits per heavy atom. The minimum absolute atomic E-state index is 0.131. The molecule has 0 aliphatic rings. The van der Waals surface area contributed by atoms with Crippen LogP contribution in [0.4, 0.5) is 19.0 Å². The molecular formula is C11H8F3N3. The number of aromatic nitrogens is 2. The summed E-state index contributed by atoms with van der Waals surface area (Å²) in [6.07, 6.45) is 2.75. The monoisotopic (exact) mass is 239 g/mol. The number of hydrogen-bond donors (Lipinski definition) is 1. The molecule has 2 aromatic rings. The van der Waals surface area contributed by atoms with Gasteiger partial charge in [0.2, 0.25) is 0 Å². The summed E-state index contributed by atoms with van der Waals surface area (Å²) in [5.41, 5.74) is -0.00671. The van der Waals surface area contributed by atoms with Gasteiger partial charge in [0.15, 0.2) is 23.3 Å². The molecule has 1 aromatic heterocycles. The van der Waals surface area contributed by atoms with E-state index < -0.39 is 17.5 Å². The van der Waals surface area contributed by atoms with Crippen LogP contribution >= 0.6 is 0 Å². The highest BCUT2D eigenvalue weighted by molar-refractivity contribution is 5.71. The van der Waals surface area contributed by atoms with Gasteiger partial charge in [-0.1, -0.05) is 0 Å². The lowest BCUT2D eigenvalue weighted by atomic mass is 10.1. The van der Waals surface area contributed by atoms with E-state index in [-0.39, 0.29) is 17.1 Å². The van der Waals surface area contributed by atoms with Crippen LogP contribution in [0.25, 0.3) is 11.3 Å². The largest absolute Gasteiger partial charge is 0.371 e. The van der Waals surface area contributed by atoms with E-state index in [1.807, 2.05) is 0 Å². The van der Waals surface area contributed by atoms with E-state index in [2.05, 4.69) is 15.3 Å². The molecule has 0 amide bonds. The minimum Gasteiger partial charge on any atom is -0.371 e. The topological polar surface area (TPSA) is 37.8 Å². The van der Waals surface area contributed by atoms with Crippen LogP contribution < -0.4 is 5.32 Å². The van der Waals surface area contributed by atoms with Gasteiger partial charge in [0.05, 0.1) is 0 Å². The first kappa shape index (κ1) is 11.4. The standard InChI is InChI=1S/C11H8F3N3/c1-15-11-10(16-4-5-17-11)6-2-3-7(12)9(14)8(6)13/h2-5H,1H3,(H,15,17). The lowest BCUT2D eigenvalue weighted by molar-refractivity contribution is 0.449. The molecule has 0 atom stereocenters. The van der Waals surface area contributed by atoms with Crippen molar-refractivity contribution in [1.82, 2.24) is 9.97 Å². The van der Waals surface area contributed by atoms with Crippen molar-refractivity contribution in [1.29, 1.82) is 0 Å². The fourth-order valence-electron chi connectivity index (χ4n) is 1.43. The summed E-state index contributed by atoms with van der Waals surface area (Å²) in [6, 6.07) is 1.97. The average molecular weight is 239 g/mol. The normalized spacial score (nSPS) is 10.4. The Morgan fingerprint density at radius 3 is 2.41 bits per heavy atom. The van der Waals surface area contributed by atoms with Gasteiger partial charge in [-0.2, -0.15) is 0 Å². The van der Waals surface area contributed by atoms with Crippen LogP contribution in [0.5, 0.6) is 0 Å². The van der Waals surface area contributed by atoms with E-state index in [1.54, 1.807) is 7.05 Å². The summed E-state index contributed by atoms with van der Waals surface area (Å²) in [7, 11) is 1.57. The highest BCUT2D eigenvalue weighted by atomic mass is 19.2. The van der Waals surface area contributed by atoms with Crippen LogP contribution in [-0.2, 0) is 0 Å². The molecule has 0 spiro atoms. The number of nitrogens with zero attached hydrogens (tertiary/aromatic N) is 2. The molecule has 1 heterocycles. The number of anilines is 1. The number of hydrogen-bond acceptors (Lipinski definition) is 3. The summed E-state index contributed by atoms with van der Waals surface area (Å²) >= 11 is 0. The van der Waals surface area contributed by atoms with Crippen molar-refractivity contribution in [2.45, 2.75) is 0 Å². The van der Waals surface area contributed by atoms with Gasteiger partial charge < -0.3 is 5.32 Å². The second kappa shape index (κ2) is 4.40. The van der Waals surface area contributed by atoms with Crippen molar-refractivity contribution in [2.75, 3.05) is 12.4 Å². The predicted octanol–water partition coefficient (Wildman–Crippen LogP) is 2.60. The van der Waals surface area contributed by atoms with Crippen molar-refractivity contribution < 1.29 is 13.2 Å². The highest BCUT2D eigenvalue weighted by Crippen LogP contribution is 2.28. The maximum absolute atomic E-state index is 13.6. The molecule has 17 heavy (non-hydrogen) atoms. The van der Waals surface area contributed by atoms with Gasteiger partial charge in [-0.25, -0.2) is 18.2 Å². The second-order valence-electron chi connectivity index (χ2n) is 3.23. The molecule has 0 saturated carbocycles. The van der Waals surface area contributed by atoms with Crippen molar-refractivity contribution in [3.8, 4) is 11.3 Å². The van der Waals surface area contributed by atoms with Crippen LogP contribution in [0.3, 0.4) is 0 Å². The van der Waals surface area contributed by atoms with E-state index in [0.29, 0.717) is 0 Å². The second-order valence-corrected chi connectivity index (χ2v) is 3.23.